The minimum Gasteiger partial charge on any atom is -0.352 e. The van der Waals surface area contributed by atoms with Crippen molar-refractivity contribution >= 4 is 17.5 Å². The van der Waals surface area contributed by atoms with Crippen LogP contribution in [-0.2, 0) is 9.59 Å². The molecular weight excluding hydrogens is 326 g/mol. The van der Waals surface area contributed by atoms with Crippen LogP contribution in [-0.4, -0.2) is 42.4 Å². The summed E-state index contributed by atoms with van der Waals surface area (Å²) in [4.78, 5) is 26.7. The van der Waals surface area contributed by atoms with Crippen LogP contribution in [0.5, 0.6) is 0 Å². The van der Waals surface area contributed by atoms with Crippen molar-refractivity contribution in [3.63, 3.8) is 0 Å². The highest BCUT2D eigenvalue weighted by atomic mass is 16.2. The standard InChI is InChI=1S/C21H33N3O2/c1-15-10-9-13-19(16(15)2)23-20(25)14-24(4)17(3)21(26)22-18-11-7-5-6-8-12-18/h9-10,13,17-18H,5-8,11-12,14H2,1-4H3,(H,22,26)(H,23,25). The van der Waals surface area contributed by atoms with Gasteiger partial charge in [0.25, 0.3) is 0 Å². The van der Waals surface area contributed by atoms with E-state index >= 15 is 0 Å². The van der Waals surface area contributed by atoms with Crippen molar-refractivity contribution in [3.8, 4) is 0 Å². The average molecular weight is 360 g/mol. The van der Waals surface area contributed by atoms with E-state index in [2.05, 4.69) is 10.6 Å². The highest BCUT2D eigenvalue weighted by Gasteiger charge is 2.23. The van der Waals surface area contributed by atoms with Crippen molar-refractivity contribution in [2.24, 2.45) is 0 Å². The molecule has 0 heterocycles. The van der Waals surface area contributed by atoms with Gasteiger partial charge in [-0.05, 0) is 57.9 Å². The van der Waals surface area contributed by atoms with E-state index in [1.807, 2.05) is 46.0 Å². The lowest BCUT2D eigenvalue weighted by Crippen LogP contribution is -2.48. The molecule has 2 amide bonds. The third kappa shape index (κ3) is 5.84. The van der Waals surface area contributed by atoms with E-state index in [-0.39, 0.29) is 30.4 Å². The van der Waals surface area contributed by atoms with Crippen molar-refractivity contribution in [1.82, 2.24) is 10.2 Å². The van der Waals surface area contributed by atoms with E-state index in [9.17, 15) is 9.59 Å². The molecule has 1 fully saturated rings. The van der Waals surface area contributed by atoms with E-state index in [1.165, 1.54) is 25.7 Å². The SMILES string of the molecule is Cc1cccc(NC(=O)CN(C)C(C)C(=O)NC2CCCCCC2)c1C. The number of nitrogens with zero attached hydrogens (tertiary/aromatic N) is 1. The maximum atomic E-state index is 12.5. The zero-order chi connectivity index (χ0) is 19.1. The lowest BCUT2D eigenvalue weighted by molar-refractivity contribution is -0.127. The van der Waals surface area contributed by atoms with Crippen LogP contribution in [0, 0.1) is 13.8 Å². The van der Waals surface area contributed by atoms with Gasteiger partial charge in [0, 0.05) is 11.7 Å². The van der Waals surface area contributed by atoms with Crippen LogP contribution in [0.1, 0.15) is 56.6 Å². The van der Waals surface area contributed by atoms with Crippen LogP contribution in [0.3, 0.4) is 0 Å². The Morgan fingerprint density at radius 3 is 2.46 bits per heavy atom. The summed E-state index contributed by atoms with van der Waals surface area (Å²) in [5, 5.41) is 6.12. The number of anilines is 1. The van der Waals surface area contributed by atoms with Crippen LogP contribution in [0.15, 0.2) is 18.2 Å². The summed E-state index contributed by atoms with van der Waals surface area (Å²) in [7, 11) is 1.82. The van der Waals surface area contributed by atoms with Gasteiger partial charge in [-0.25, -0.2) is 0 Å². The first kappa shape index (κ1) is 20.4. The summed E-state index contributed by atoms with van der Waals surface area (Å²) >= 11 is 0. The molecule has 1 aromatic carbocycles. The third-order valence-electron chi connectivity index (χ3n) is 5.51. The van der Waals surface area contributed by atoms with Crippen LogP contribution in [0.2, 0.25) is 0 Å². The topological polar surface area (TPSA) is 61.4 Å². The maximum absolute atomic E-state index is 12.5. The quantitative estimate of drug-likeness (QED) is 0.765. The molecule has 2 rings (SSSR count). The van der Waals surface area contributed by atoms with E-state index < -0.39 is 0 Å². The van der Waals surface area contributed by atoms with Gasteiger partial charge in [0.05, 0.1) is 12.6 Å². The Kier molecular flexibility index (Phi) is 7.64. The lowest BCUT2D eigenvalue weighted by atomic mass is 10.1. The molecule has 1 saturated carbocycles. The highest BCUT2D eigenvalue weighted by Crippen LogP contribution is 2.19. The van der Waals surface area contributed by atoms with E-state index in [1.54, 1.807) is 4.90 Å². The minimum atomic E-state index is -0.331. The Morgan fingerprint density at radius 1 is 1.15 bits per heavy atom. The third-order valence-corrected chi connectivity index (χ3v) is 5.51. The number of carbonyl (C=O) groups is 2. The molecule has 0 saturated heterocycles. The first-order valence-corrected chi connectivity index (χ1v) is 9.75. The Hall–Kier alpha value is -1.88. The predicted molar refractivity (Wildman–Crippen MR) is 106 cm³/mol. The highest BCUT2D eigenvalue weighted by molar-refractivity contribution is 5.93. The van der Waals surface area contributed by atoms with Gasteiger partial charge in [0.15, 0.2) is 0 Å². The zero-order valence-corrected chi connectivity index (χ0v) is 16.6. The summed E-state index contributed by atoms with van der Waals surface area (Å²) in [6.45, 7) is 6.07. The number of hydrogen-bond acceptors (Lipinski definition) is 3. The summed E-state index contributed by atoms with van der Waals surface area (Å²) < 4.78 is 0. The fourth-order valence-corrected chi connectivity index (χ4v) is 3.39. The van der Waals surface area contributed by atoms with E-state index in [0.717, 1.165) is 29.7 Å². The van der Waals surface area contributed by atoms with Gasteiger partial charge < -0.3 is 10.6 Å². The number of likely N-dealkylation sites (N-methyl/N-ethyl adjacent to an activating group) is 1. The van der Waals surface area contributed by atoms with Crippen molar-refractivity contribution in [2.75, 3.05) is 18.9 Å². The molecule has 0 bridgehead atoms. The smallest absolute Gasteiger partial charge is 0.238 e. The summed E-state index contributed by atoms with van der Waals surface area (Å²) in [6, 6.07) is 5.82. The van der Waals surface area contributed by atoms with Crippen molar-refractivity contribution in [3.05, 3.63) is 29.3 Å². The predicted octanol–water partition coefficient (Wildman–Crippen LogP) is 3.40. The van der Waals surface area contributed by atoms with Gasteiger partial charge in [-0.2, -0.15) is 0 Å². The van der Waals surface area contributed by atoms with Gasteiger partial charge >= 0.3 is 0 Å². The number of amides is 2. The molecular formula is C21H33N3O2. The van der Waals surface area contributed by atoms with Crippen LogP contribution in [0.25, 0.3) is 0 Å². The van der Waals surface area contributed by atoms with Crippen molar-refractivity contribution in [1.29, 1.82) is 0 Å². The van der Waals surface area contributed by atoms with Gasteiger partial charge in [-0.15, -0.1) is 0 Å². The Morgan fingerprint density at radius 2 is 1.81 bits per heavy atom. The number of nitrogens with one attached hydrogen (secondary N) is 2. The van der Waals surface area contributed by atoms with Crippen molar-refractivity contribution in [2.45, 2.75) is 71.4 Å². The molecule has 2 N–H and O–H groups in total. The molecule has 144 valence electrons. The average Bonchev–Trinajstić information content (AvgIpc) is 2.86. The van der Waals surface area contributed by atoms with Crippen molar-refractivity contribution < 1.29 is 9.59 Å². The number of aryl methyl sites for hydroxylation is 1. The van der Waals surface area contributed by atoms with Gasteiger partial charge in [-0.1, -0.05) is 37.8 Å². The fourth-order valence-electron chi connectivity index (χ4n) is 3.39. The first-order valence-electron chi connectivity index (χ1n) is 9.75. The van der Waals surface area contributed by atoms with Gasteiger partial charge in [0.2, 0.25) is 11.8 Å². The Balaban J connectivity index is 1.84. The summed E-state index contributed by atoms with van der Waals surface area (Å²) in [6.07, 6.45) is 7.03. The molecule has 1 aliphatic carbocycles. The van der Waals surface area contributed by atoms with E-state index in [4.69, 9.17) is 0 Å². The maximum Gasteiger partial charge on any atom is 0.238 e. The second kappa shape index (κ2) is 9.72. The van der Waals surface area contributed by atoms with Crippen LogP contribution < -0.4 is 10.6 Å². The summed E-state index contributed by atoms with van der Waals surface area (Å²) in [5.74, 6) is -0.0887. The molecule has 0 aliphatic heterocycles. The zero-order valence-electron chi connectivity index (χ0n) is 16.6. The summed E-state index contributed by atoms with van der Waals surface area (Å²) in [5.41, 5.74) is 3.05. The first-order chi connectivity index (χ1) is 12.4. The molecule has 5 nitrogen and oxygen atoms in total. The molecule has 1 atom stereocenters. The van der Waals surface area contributed by atoms with E-state index in [0.29, 0.717) is 0 Å². The number of benzene rings is 1. The lowest BCUT2D eigenvalue weighted by Gasteiger charge is -2.26. The molecule has 1 aromatic rings. The number of rotatable bonds is 6. The normalized spacial score (nSPS) is 16.8. The second-order valence-corrected chi connectivity index (χ2v) is 7.58. The Labute approximate surface area is 157 Å². The monoisotopic (exact) mass is 359 g/mol. The van der Waals surface area contributed by atoms with Gasteiger partial charge in [-0.3, -0.25) is 14.5 Å². The molecule has 26 heavy (non-hydrogen) atoms. The number of hydrogen-bond donors (Lipinski definition) is 2. The Bertz CT molecular complexity index is 622. The molecule has 0 spiro atoms. The second-order valence-electron chi connectivity index (χ2n) is 7.58. The molecule has 1 unspecified atom stereocenters. The fraction of sp³-hybridized carbons (Fsp3) is 0.619. The van der Waals surface area contributed by atoms with Crippen LogP contribution in [0.4, 0.5) is 5.69 Å². The van der Waals surface area contributed by atoms with Gasteiger partial charge in [0.1, 0.15) is 0 Å². The van der Waals surface area contributed by atoms with Crippen LogP contribution >= 0.6 is 0 Å². The largest absolute Gasteiger partial charge is 0.352 e. The molecule has 0 aromatic heterocycles. The minimum absolute atomic E-state index is 0.0129. The molecule has 5 heteroatoms. The number of carbonyl (C=O) groups excluding carboxylic acids is 2. The molecule has 1 aliphatic rings. The molecule has 0 radical (unpaired) electrons.